The minimum atomic E-state index is -0.454. The van der Waals surface area contributed by atoms with Crippen molar-refractivity contribution in [2.75, 3.05) is 6.61 Å². The van der Waals surface area contributed by atoms with Crippen molar-refractivity contribution in [1.82, 2.24) is 5.43 Å². The van der Waals surface area contributed by atoms with Gasteiger partial charge in [0.25, 0.3) is 5.91 Å². The average molecular weight is 418 g/mol. The number of phenols is 1. The number of hydrogen-bond acceptors (Lipinski definition) is 4. The molecule has 2 aromatic carbocycles. The van der Waals surface area contributed by atoms with E-state index in [-0.39, 0.29) is 12.4 Å². The molecule has 0 aliphatic carbocycles. The average Bonchev–Trinajstić information content (AvgIpc) is 2.50. The lowest BCUT2D eigenvalue weighted by molar-refractivity contribution is -0.123. The van der Waals surface area contributed by atoms with E-state index in [1.807, 2.05) is 0 Å². The van der Waals surface area contributed by atoms with Crippen molar-refractivity contribution in [1.29, 1.82) is 0 Å². The molecule has 120 valence electrons. The summed E-state index contributed by atoms with van der Waals surface area (Å²) < 4.78 is 5.98. The van der Waals surface area contributed by atoms with Crippen LogP contribution in [0.15, 0.2) is 46.0 Å². The van der Waals surface area contributed by atoms with Gasteiger partial charge in [-0.25, -0.2) is 5.43 Å². The van der Waals surface area contributed by atoms with Gasteiger partial charge in [-0.1, -0.05) is 23.2 Å². The third kappa shape index (κ3) is 5.42. The van der Waals surface area contributed by atoms with E-state index in [0.29, 0.717) is 25.8 Å². The first-order valence-corrected chi connectivity index (χ1v) is 7.89. The zero-order valence-electron chi connectivity index (χ0n) is 11.6. The highest BCUT2D eigenvalue weighted by atomic mass is 79.9. The van der Waals surface area contributed by atoms with Crippen LogP contribution >= 0.6 is 39.1 Å². The number of halogens is 3. The van der Waals surface area contributed by atoms with E-state index in [0.717, 1.165) is 0 Å². The molecule has 2 N–H and O–H groups in total. The van der Waals surface area contributed by atoms with Crippen LogP contribution in [-0.4, -0.2) is 23.8 Å². The number of amides is 1. The molecule has 2 rings (SSSR count). The number of phenolic OH excluding ortho intramolecular Hbond substituents is 1. The summed E-state index contributed by atoms with van der Waals surface area (Å²) in [5.41, 5.74) is 2.68. The molecule has 0 unspecified atom stereocenters. The molecule has 0 fully saturated rings. The lowest BCUT2D eigenvalue weighted by Crippen LogP contribution is -2.24. The second kappa shape index (κ2) is 8.19. The lowest BCUT2D eigenvalue weighted by atomic mass is 10.2. The Balaban J connectivity index is 1.87. The number of hydrazone groups is 1. The Bertz CT molecular complexity index is 753. The van der Waals surface area contributed by atoms with Crippen LogP contribution in [0.1, 0.15) is 5.56 Å². The molecular weight excluding hydrogens is 407 g/mol. The van der Waals surface area contributed by atoms with Crippen molar-refractivity contribution in [2.45, 2.75) is 0 Å². The molecule has 8 heteroatoms. The quantitative estimate of drug-likeness (QED) is 0.570. The minimum absolute atomic E-state index is 0.00810. The van der Waals surface area contributed by atoms with Crippen LogP contribution in [0.4, 0.5) is 0 Å². The van der Waals surface area contributed by atoms with Crippen molar-refractivity contribution in [2.24, 2.45) is 5.10 Å². The van der Waals surface area contributed by atoms with Crippen LogP contribution in [0.3, 0.4) is 0 Å². The zero-order valence-corrected chi connectivity index (χ0v) is 14.7. The summed E-state index contributed by atoms with van der Waals surface area (Å²) in [5, 5.41) is 14.3. The maximum Gasteiger partial charge on any atom is 0.277 e. The predicted octanol–water partition coefficient (Wildman–Crippen LogP) is 3.99. The molecule has 0 atom stereocenters. The van der Waals surface area contributed by atoms with Crippen LogP contribution in [0.5, 0.6) is 11.5 Å². The van der Waals surface area contributed by atoms with E-state index in [1.54, 1.807) is 24.3 Å². The summed E-state index contributed by atoms with van der Waals surface area (Å²) in [6.45, 7) is -0.223. The van der Waals surface area contributed by atoms with Gasteiger partial charge in [0, 0.05) is 15.6 Å². The van der Waals surface area contributed by atoms with Gasteiger partial charge in [0.2, 0.25) is 0 Å². The van der Waals surface area contributed by atoms with Crippen LogP contribution in [0.2, 0.25) is 10.0 Å². The van der Waals surface area contributed by atoms with E-state index in [1.165, 1.54) is 18.3 Å². The number of carbonyl (C=O) groups excluding carboxylic acids is 1. The summed E-state index contributed by atoms with van der Waals surface area (Å²) in [7, 11) is 0. The van der Waals surface area contributed by atoms with Crippen molar-refractivity contribution in [3.05, 3.63) is 56.5 Å². The van der Waals surface area contributed by atoms with E-state index in [9.17, 15) is 9.90 Å². The van der Waals surface area contributed by atoms with Gasteiger partial charge in [-0.2, -0.15) is 5.10 Å². The maximum absolute atomic E-state index is 11.7. The van der Waals surface area contributed by atoms with Gasteiger partial charge in [0.05, 0.1) is 10.7 Å². The SMILES string of the molecule is O=C(COc1ccc(Cl)cc1Br)NN=Cc1cc(Cl)ccc1O. The smallest absolute Gasteiger partial charge is 0.277 e. The van der Waals surface area contributed by atoms with Crippen molar-refractivity contribution < 1.29 is 14.6 Å². The van der Waals surface area contributed by atoms with Gasteiger partial charge < -0.3 is 9.84 Å². The predicted molar refractivity (Wildman–Crippen MR) is 93.5 cm³/mol. The number of benzene rings is 2. The van der Waals surface area contributed by atoms with E-state index in [2.05, 4.69) is 26.5 Å². The number of nitrogens with zero attached hydrogens (tertiary/aromatic N) is 1. The topological polar surface area (TPSA) is 70.9 Å². The highest BCUT2D eigenvalue weighted by Gasteiger charge is 2.06. The Labute approximate surface area is 151 Å². The fraction of sp³-hybridized carbons (Fsp3) is 0.0667. The fourth-order valence-electron chi connectivity index (χ4n) is 1.57. The first-order chi connectivity index (χ1) is 11.0. The van der Waals surface area contributed by atoms with Gasteiger partial charge >= 0.3 is 0 Å². The summed E-state index contributed by atoms with van der Waals surface area (Å²) in [4.78, 5) is 11.7. The molecule has 5 nitrogen and oxygen atoms in total. The molecule has 23 heavy (non-hydrogen) atoms. The molecule has 0 aliphatic heterocycles. The van der Waals surface area contributed by atoms with E-state index >= 15 is 0 Å². The van der Waals surface area contributed by atoms with Gasteiger partial charge in [-0.15, -0.1) is 0 Å². The highest BCUT2D eigenvalue weighted by molar-refractivity contribution is 9.10. The monoisotopic (exact) mass is 416 g/mol. The molecule has 1 amide bonds. The molecule has 2 aromatic rings. The van der Waals surface area contributed by atoms with Gasteiger partial charge in [-0.05, 0) is 52.3 Å². The third-order valence-electron chi connectivity index (χ3n) is 2.64. The molecule has 0 heterocycles. The zero-order chi connectivity index (χ0) is 16.8. The molecule has 0 radical (unpaired) electrons. The number of nitrogens with one attached hydrogen (secondary N) is 1. The van der Waals surface area contributed by atoms with Gasteiger partial charge in [0.15, 0.2) is 6.61 Å². The van der Waals surface area contributed by atoms with E-state index in [4.69, 9.17) is 27.9 Å². The number of rotatable bonds is 5. The fourth-order valence-corrected chi connectivity index (χ4v) is 2.55. The first-order valence-electron chi connectivity index (χ1n) is 6.34. The third-order valence-corrected chi connectivity index (χ3v) is 3.73. The second-order valence-corrected chi connectivity index (χ2v) is 6.09. The van der Waals surface area contributed by atoms with Crippen LogP contribution in [-0.2, 0) is 4.79 Å². The van der Waals surface area contributed by atoms with Gasteiger partial charge in [-0.3, -0.25) is 4.79 Å². The number of aromatic hydroxyl groups is 1. The summed E-state index contributed by atoms with van der Waals surface area (Å²) in [5.74, 6) is 0.0411. The normalized spacial score (nSPS) is 10.7. The largest absolute Gasteiger partial charge is 0.507 e. The number of hydrogen-bond donors (Lipinski definition) is 2. The Morgan fingerprint density at radius 1 is 1.26 bits per heavy atom. The maximum atomic E-state index is 11.7. The van der Waals surface area contributed by atoms with Crippen molar-refractivity contribution >= 4 is 51.3 Å². The number of carbonyl (C=O) groups is 1. The summed E-state index contributed by atoms with van der Waals surface area (Å²) >= 11 is 14.9. The molecule has 0 aliphatic rings. The Morgan fingerprint density at radius 3 is 2.70 bits per heavy atom. The molecule has 0 spiro atoms. The Hall–Kier alpha value is -1.76. The van der Waals surface area contributed by atoms with Crippen LogP contribution in [0.25, 0.3) is 0 Å². The minimum Gasteiger partial charge on any atom is -0.507 e. The second-order valence-electron chi connectivity index (χ2n) is 4.36. The Morgan fingerprint density at radius 2 is 1.96 bits per heavy atom. The van der Waals surface area contributed by atoms with Crippen LogP contribution < -0.4 is 10.2 Å². The molecule has 0 saturated heterocycles. The highest BCUT2D eigenvalue weighted by Crippen LogP contribution is 2.27. The molecule has 0 aromatic heterocycles. The molecule has 0 bridgehead atoms. The van der Waals surface area contributed by atoms with Gasteiger partial charge in [0.1, 0.15) is 11.5 Å². The van der Waals surface area contributed by atoms with Crippen molar-refractivity contribution in [3.63, 3.8) is 0 Å². The lowest BCUT2D eigenvalue weighted by Gasteiger charge is -2.07. The van der Waals surface area contributed by atoms with E-state index < -0.39 is 5.91 Å². The summed E-state index contributed by atoms with van der Waals surface area (Å²) in [6.07, 6.45) is 1.29. The van der Waals surface area contributed by atoms with Crippen LogP contribution in [0, 0.1) is 0 Å². The first kappa shape index (κ1) is 17.6. The summed E-state index contributed by atoms with van der Waals surface area (Å²) in [6, 6.07) is 9.46. The Kier molecular flexibility index (Phi) is 6.27. The number of ether oxygens (including phenoxy) is 1. The van der Waals surface area contributed by atoms with Crippen molar-refractivity contribution in [3.8, 4) is 11.5 Å². The standard InChI is InChI=1S/C15H11BrCl2N2O3/c16-12-6-11(18)2-4-14(12)23-8-15(22)20-19-7-9-5-10(17)1-3-13(9)21/h1-7,21H,8H2,(H,20,22). The molecular formula is C15H11BrCl2N2O3. The molecule has 0 saturated carbocycles.